The van der Waals surface area contributed by atoms with Crippen molar-refractivity contribution >= 4 is 27.2 Å². The standard InChI is InChI=1S/C20H20N2O4S/c1-26-19-7-3-2-6-15(19)20-17(13-23)16-12-14(8-9-18(16)21-20)27(24,25)22-10-4-5-11-22/h2-3,6-9,12-13,21H,4-5,10-11H2,1H3. The van der Waals surface area contributed by atoms with Gasteiger partial charge < -0.3 is 9.72 Å². The molecular weight excluding hydrogens is 364 g/mol. The molecule has 27 heavy (non-hydrogen) atoms. The number of hydrogen-bond donors (Lipinski definition) is 1. The van der Waals surface area contributed by atoms with Crippen molar-refractivity contribution in [3.8, 4) is 17.0 Å². The van der Waals surface area contributed by atoms with Crippen molar-refractivity contribution in [3.63, 3.8) is 0 Å². The largest absolute Gasteiger partial charge is 0.496 e. The zero-order valence-electron chi connectivity index (χ0n) is 14.9. The Kier molecular flexibility index (Phi) is 4.49. The van der Waals surface area contributed by atoms with Crippen molar-refractivity contribution in [1.82, 2.24) is 9.29 Å². The number of nitrogens with zero attached hydrogens (tertiary/aromatic N) is 1. The van der Waals surface area contributed by atoms with Gasteiger partial charge in [0.05, 0.1) is 17.7 Å². The second-order valence-electron chi connectivity index (χ2n) is 6.55. The molecule has 1 fully saturated rings. The highest BCUT2D eigenvalue weighted by molar-refractivity contribution is 7.89. The molecule has 0 spiro atoms. The molecule has 0 amide bonds. The molecule has 0 aliphatic carbocycles. The van der Waals surface area contributed by atoms with Crippen LogP contribution in [0.2, 0.25) is 0 Å². The summed E-state index contributed by atoms with van der Waals surface area (Å²) in [6.45, 7) is 1.08. The maximum Gasteiger partial charge on any atom is 0.243 e. The van der Waals surface area contributed by atoms with Crippen LogP contribution in [-0.4, -0.2) is 44.2 Å². The molecule has 1 N–H and O–H groups in total. The van der Waals surface area contributed by atoms with Crippen molar-refractivity contribution in [3.05, 3.63) is 48.0 Å². The Hall–Kier alpha value is -2.64. The molecule has 1 aliphatic heterocycles. The van der Waals surface area contributed by atoms with E-state index in [9.17, 15) is 13.2 Å². The van der Waals surface area contributed by atoms with E-state index in [-0.39, 0.29) is 4.90 Å². The van der Waals surface area contributed by atoms with Gasteiger partial charge in [-0.25, -0.2) is 8.42 Å². The molecule has 2 aromatic carbocycles. The van der Waals surface area contributed by atoms with Crippen molar-refractivity contribution in [1.29, 1.82) is 0 Å². The van der Waals surface area contributed by atoms with E-state index in [4.69, 9.17) is 4.74 Å². The van der Waals surface area contributed by atoms with Gasteiger partial charge in [0.25, 0.3) is 0 Å². The highest BCUT2D eigenvalue weighted by atomic mass is 32.2. The first kappa shape index (κ1) is 17.8. The molecule has 0 saturated carbocycles. The molecule has 2 heterocycles. The molecule has 3 aromatic rings. The Morgan fingerprint density at radius 3 is 2.56 bits per heavy atom. The molecule has 6 nitrogen and oxygen atoms in total. The normalized spacial score (nSPS) is 15.3. The fourth-order valence-electron chi connectivity index (χ4n) is 3.62. The number of carbonyl (C=O) groups excluding carboxylic acids is 1. The number of ether oxygens (including phenoxy) is 1. The van der Waals surface area contributed by atoms with Crippen molar-refractivity contribution in [2.45, 2.75) is 17.7 Å². The number of rotatable bonds is 5. The van der Waals surface area contributed by atoms with Crippen molar-refractivity contribution in [2.75, 3.05) is 20.2 Å². The van der Waals surface area contributed by atoms with Crippen LogP contribution in [0.4, 0.5) is 0 Å². The number of sulfonamides is 1. The van der Waals surface area contributed by atoms with Crippen LogP contribution in [-0.2, 0) is 10.0 Å². The van der Waals surface area contributed by atoms with Crippen LogP contribution in [0, 0.1) is 0 Å². The third-order valence-electron chi connectivity index (χ3n) is 5.01. The number of aldehydes is 1. The lowest BCUT2D eigenvalue weighted by Gasteiger charge is -2.15. The topological polar surface area (TPSA) is 79.5 Å². The van der Waals surface area contributed by atoms with E-state index in [2.05, 4.69) is 4.98 Å². The number of aromatic amines is 1. The van der Waals surface area contributed by atoms with Crippen LogP contribution < -0.4 is 4.74 Å². The van der Waals surface area contributed by atoms with E-state index in [1.54, 1.807) is 25.3 Å². The van der Waals surface area contributed by atoms with E-state index in [0.717, 1.165) is 24.7 Å². The fourth-order valence-corrected chi connectivity index (χ4v) is 5.16. The zero-order chi connectivity index (χ0) is 19.0. The van der Waals surface area contributed by atoms with Gasteiger partial charge in [-0.05, 0) is 43.2 Å². The van der Waals surface area contributed by atoms with Gasteiger partial charge in [0, 0.05) is 35.1 Å². The summed E-state index contributed by atoms with van der Waals surface area (Å²) in [5, 5.41) is 0.589. The lowest BCUT2D eigenvalue weighted by molar-refractivity contribution is 0.112. The molecule has 0 radical (unpaired) electrons. The highest BCUT2D eigenvalue weighted by Gasteiger charge is 2.28. The minimum atomic E-state index is -3.54. The van der Waals surface area contributed by atoms with Gasteiger partial charge >= 0.3 is 0 Å². The number of methoxy groups -OCH3 is 1. The van der Waals surface area contributed by atoms with Crippen LogP contribution >= 0.6 is 0 Å². The second kappa shape index (κ2) is 6.83. The summed E-state index contributed by atoms with van der Waals surface area (Å²) in [7, 11) is -1.97. The van der Waals surface area contributed by atoms with Gasteiger partial charge in [-0.2, -0.15) is 4.31 Å². The summed E-state index contributed by atoms with van der Waals surface area (Å²) in [4.78, 5) is 15.3. The van der Waals surface area contributed by atoms with Gasteiger partial charge in [0.15, 0.2) is 6.29 Å². The Morgan fingerprint density at radius 1 is 1.11 bits per heavy atom. The minimum Gasteiger partial charge on any atom is -0.496 e. The maximum absolute atomic E-state index is 12.9. The van der Waals surface area contributed by atoms with Gasteiger partial charge in [-0.15, -0.1) is 0 Å². The minimum absolute atomic E-state index is 0.213. The van der Waals surface area contributed by atoms with Crippen molar-refractivity contribution < 1.29 is 17.9 Å². The number of nitrogens with one attached hydrogen (secondary N) is 1. The average Bonchev–Trinajstić information content (AvgIpc) is 3.35. The number of hydrogen-bond acceptors (Lipinski definition) is 4. The lowest BCUT2D eigenvalue weighted by atomic mass is 10.1. The molecule has 4 rings (SSSR count). The molecule has 7 heteroatoms. The molecule has 0 atom stereocenters. The molecule has 140 valence electrons. The third kappa shape index (κ3) is 2.93. The van der Waals surface area contributed by atoms with Crippen LogP contribution in [0.1, 0.15) is 23.2 Å². The van der Waals surface area contributed by atoms with Crippen LogP contribution in [0.3, 0.4) is 0 Å². The van der Waals surface area contributed by atoms with E-state index < -0.39 is 10.0 Å². The van der Waals surface area contributed by atoms with E-state index in [0.29, 0.717) is 41.0 Å². The van der Waals surface area contributed by atoms with Gasteiger partial charge in [-0.1, -0.05) is 12.1 Å². The van der Waals surface area contributed by atoms with Crippen LogP contribution in [0.15, 0.2) is 47.4 Å². The molecule has 1 aromatic heterocycles. The molecular formula is C20H20N2O4S. The monoisotopic (exact) mass is 384 g/mol. The Labute approximate surface area is 157 Å². The molecule has 1 saturated heterocycles. The zero-order valence-corrected chi connectivity index (χ0v) is 15.8. The Bertz CT molecular complexity index is 1110. The molecule has 0 bridgehead atoms. The second-order valence-corrected chi connectivity index (χ2v) is 8.49. The summed E-state index contributed by atoms with van der Waals surface area (Å²) in [5.74, 6) is 0.636. The van der Waals surface area contributed by atoms with Gasteiger partial charge in [0.2, 0.25) is 10.0 Å². The predicted molar refractivity (Wildman–Crippen MR) is 104 cm³/mol. The highest BCUT2D eigenvalue weighted by Crippen LogP contribution is 2.36. The smallest absolute Gasteiger partial charge is 0.243 e. The number of H-pyrrole nitrogens is 1. The van der Waals surface area contributed by atoms with Crippen LogP contribution in [0.25, 0.3) is 22.2 Å². The van der Waals surface area contributed by atoms with Crippen LogP contribution in [0.5, 0.6) is 5.75 Å². The van der Waals surface area contributed by atoms with E-state index >= 15 is 0 Å². The SMILES string of the molecule is COc1ccccc1-c1[nH]c2ccc(S(=O)(=O)N3CCCC3)cc2c1C=O. The molecule has 0 unspecified atom stereocenters. The Morgan fingerprint density at radius 2 is 1.85 bits per heavy atom. The van der Waals surface area contributed by atoms with E-state index in [1.165, 1.54) is 4.31 Å². The third-order valence-corrected chi connectivity index (χ3v) is 6.90. The van der Waals surface area contributed by atoms with E-state index in [1.807, 2.05) is 24.3 Å². The van der Waals surface area contributed by atoms with Crippen molar-refractivity contribution in [2.24, 2.45) is 0 Å². The first-order chi connectivity index (χ1) is 13.1. The quantitative estimate of drug-likeness (QED) is 0.684. The maximum atomic E-state index is 12.9. The molecule has 1 aliphatic rings. The first-order valence-electron chi connectivity index (χ1n) is 8.80. The summed E-state index contributed by atoms with van der Waals surface area (Å²) >= 11 is 0. The number of benzene rings is 2. The first-order valence-corrected chi connectivity index (χ1v) is 10.2. The number of aromatic nitrogens is 1. The number of fused-ring (bicyclic) bond motifs is 1. The lowest BCUT2D eigenvalue weighted by Crippen LogP contribution is -2.27. The summed E-state index contributed by atoms with van der Waals surface area (Å²) in [6, 6.07) is 12.3. The Balaban J connectivity index is 1.89. The summed E-state index contributed by atoms with van der Waals surface area (Å²) < 4.78 is 32.6. The predicted octanol–water partition coefficient (Wildman–Crippen LogP) is 3.44. The number of para-hydroxylation sites is 1. The van der Waals surface area contributed by atoms with Gasteiger partial charge in [-0.3, -0.25) is 4.79 Å². The average molecular weight is 384 g/mol. The summed E-state index contributed by atoms with van der Waals surface area (Å²) in [5.41, 5.74) is 2.50. The number of carbonyl (C=O) groups is 1. The summed E-state index contributed by atoms with van der Waals surface area (Å²) in [6.07, 6.45) is 2.51. The van der Waals surface area contributed by atoms with Gasteiger partial charge in [0.1, 0.15) is 5.75 Å². The fraction of sp³-hybridized carbons (Fsp3) is 0.250.